The summed E-state index contributed by atoms with van der Waals surface area (Å²) in [5.74, 6) is -1.97. The minimum atomic E-state index is -0.776. The number of H-pyrrole nitrogens is 1. The van der Waals surface area contributed by atoms with Gasteiger partial charge in [0.2, 0.25) is 11.7 Å². The van der Waals surface area contributed by atoms with Gasteiger partial charge in [-0.2, -0.15) is 0 Å². The van der Waals surface area contributed by atoms with E-state index in [1.165, 1.54) is 0 Å². The van der Waals surface area contributed by atoms with Crippen molar-refractivity contribution >= 4 is 28.9 Å². The Morgan fingerprint density at radius 1 is 1.47 bits per heavy atom. The molecule has 2 aliphatic rings. The number of hydrogen-bond donors (Lipinski definition) is 1. The van der Waals surface area contributed by atoms with Crippen LogP contribution in [0.1, 0.15) is 26.3 Å². The molecule has 1 fully saturated rings. The Balaban J connectivity index is 1.69. The number of rotatable bonds is 5. The molecule has 1 atom stereocenters. The highest BCUT2D eigenvalue weighted by molar-refractivity contribution is 6.26. The molecule has 158 valence electrons. The van der Waals surface area contributed by atoms with Crippen LogP contribution in [0, 0.1) is 0 Å². The van der Waals surface area contributed by atoms with E-state index in [4.69, 9.17) is 18.9 Å². The number of ether oxygens (including phenoxy) is 4. The van der Waals surface area contributed by atoms with Gasteiger partial charge >= 0.3 is 5.97 Å². The molecule has 0 amide bonds. The predicted octanol–water partition coefficient (Wildman–Crippen LogP) is 2.32. The van der Waals surface area contributed by atoms with Gasteiger partial charge in [0.1, 0.15) is 5.65 Å². The maximum Gasteiger partial charge on any atom is 0.347 e. The van der Waals surface area contributed by atoms with E-state index >= 15 is 0 Å². The summed E-state index contributed by atoms with van der Waals surface area (Å²) in [5.41, 5.74) is 1.23. The lowest BCUT2D eigenvalue weighted by Crippen LogP contribution is -2.35. The molecular weight excluding hydrogens is 390 g/mol. The molecule has 0 saturated carbocycles. The van der Waals surface area contributed by atoms with Crippen LogP contribution in [-0.2, 0) is 28.5 Å². The molecule has 0 aliphatic carbocycles. The van der Waals surface area contributed by atoms with Crippen molar-refractivity contribution in [3.8, 4) is 0 Å². The Bertz CT molecular complexity index is 1070. The molecule has 0 aromatic carbocycles. The zero-order valence-corrected chi connectivity index (χ0v) is 17.2. The number of carbonyl (C=O) groups excluding carboxylic acids is 2. The summed E-state index contributed by atoms with van der Waals surface area (Å²) in [6, 6.07) is 3.68. The molecule has 4 rings (SSSR count). The second-order valence-electron chi connectivity index (χ2n) is 7.38. The van der Waals surface area contributed by atoms with E-state index in [0.717, 1.165) is 10.9 Å². The van der Waals surface area contributed by atoms with E-state index < -0.39 is 23.8 Å². The predicted molar refractivity (Wildman–Crippen MR) is 106 cm³/mol. The summed E-state index contributed by atoms with van der Waals surface area (Å²) in [6.45, 7) is 5.65. The van der Waals surface area contributed by atoms with Gasteiger partial charge in [0.25, 0.3) is 0 Å². The van der Waals surface area contributed by atoms with Crippen LogP contribution in [-0.4, -0.2) is 58.9 Å². The van der Waals surface area contributed by atoms with Crippen molar-refractivity contribution in [1.29, 1.82) is 0 Å². The molecule has 4 heterocycles. The van der Waals surface area contributed by atoms with Crippen LogP contribution in [0.25, 0.3) is 17.1 Å². The number of likely N-dealkylation sites (N-methyl/N-ethyl adjacent to an activating group) is 1. The molecule has 30 heavy (non-hydrogen) atoms. The Kier molecular flexibility index (Phi) is 5.08. The molecule has 1 unspecified atom stereocenters. The topological polar surface area (TPSA) is 103 Å². The lowest BCUT2D eigenvalue weighted by Gasteiger charge is -2.26. The highest BCUT2D eigenvalue weighted by atomic mass is 16.8. The first-order chi connectivity index (χ1) is 14.3. The van der Waals surface area contributed by atoms with Gasteiger partial charge < -0.3 is 28.8 Å². The number of hydrogen-bond acceptors (Lipinski definition) is 8. The van der Waals surface area contributed by atoms with Crippen LogP contribution < -0.4 is 0 Å². The SMILES string of the molecule is CCOC(=O)C1=C(N(C)C2COC(C)(C)O2)O/C(=C\c2c[nH]c3ncccc23)C1=O. The maximum atomic E-state index is 13.1. The number of nitrogens with zero attached hydrogens (tertiary/aromatic N) is 2. The van der Waals surface area contributed by atoms with Gasteiger partial charge in [-0.05, 0) is 39.0 Å². The average molecular weight is 413 g/mol. The quantitative estimate of drug-likeness (QED) is 0.453. The van der Waals surface area contributed by atoms with Crippen LogP contribution in [0.15, 0.2) is 41.7 Å². The summed E-state index contributed by atoms with van der Waals surface area (Å²) in [5, 5.41) is 0.829. The second kappa shape index (κ2) is 7.58. The normalized spacial score (nSPS) is 22.1. The van der Waals surface area contributed by atoms with Crippen molar-refractivity contribution in [3.05, 3.63) is 47.3 Å². The monoisotopic (exact) mass is 413 g/mol. The Morgan fingerprint density at radius 2 is 2.27 bits per heavy atom. The molecule has 1 N–H and O–H groups in total. The number of aromatic amines is 1. The fourth-order valence-corrected chi connectivity index (χ4v) is 3.38. The molecule has 2 aliphatic heterocycles. The Morgan fingerprint density at radius 3 is 2.97 bits per heavy atom. The Labute approximate surface area is 173 Å². The third-order valence-electron chi connectivity index (χ3n) is 4.87. The molecule has 2 aromatic heterocycles. The minimum Gasteiger partial charge on any atom is -0.462 e. The number of aromatic nitrogens is 2. The molecule has 0 bridgehead atoms. The summed E-state index contributed by atoms with van der Waals surface area (Å²) >= 11 is 0. The van der Waals surface area contributed by atoms with Crippen LogP contribution >= 0.6 is 0 Å². The van der Waals surface area contributed by atoms with Gasteiger partial charge in [0.05, 0.1) is 13.2 Å². The van der Waals surface area contributed by atoms with E-state index in [9.17, 15) is 9.59 Å². The van der Waals surface area contributed by atoms with Crippen LogP contribution in [0.2, 0.25) is 0 Å². The summed E-state index contributed by atoms with van der Waals surface area (Å²) in [4.78, 5) is 34.5. The highest BCUT2D eigenvalue weighted by Crippen LogP contribution is 2.34. The van der Waals surface area contributed by atoms with Gasteiger partial charge in [0, 0.05) is 30.4 Å². The standard InChI is InChI=1S/C21H23N3O6/c1-5-27-20(26)16-17(25)14(9-12-10-23-18-13(12)7-6-8-22-18)29-19(16)24(4)15-11-28-21(2,3)30-15/h6-10,15H,5,11H2,1-4H3,(H,22,23)/b14-9-. The largest absolute Gasteiger partial charge is 0.462 e. The number of ketones is 1. The fraction of sp³-hybridized carbons (Fsp3) is 0.381. The van der Waals surface area contributed by atoms with Crippen LogP contribution in [0.5, 0.6) is 0 Å². The van der Waals surface area contributed by atoms with Gasteiger partial charge in [-0.15, -0.1) is 0 Å². The van der Waals surface area contributed by atoms with Crippen molar-refractivity contribution in [2.24, 2.45) is 0 Å². The van der Waals surface area contributed by atoms with E-state index in [1.54, 1.807) is 57.3 Å². The van der Waals surface area contributed by atoms with Crippen LogP contribution in [0.4, 0.5) is 0 Å². The first-order valence-corrected chi connectivity index (χ1v) is 9.63. The average Bonchev–Trinajstić information content (AvgIpc) is 3.38. The van der Waals surface area contributed by atoms with Crippen molar-refractivity contribution < 1.29 is 28.5 Å². The lowest BCUT2D eigenvalue weighted by molar-refractivity contribution is -0.157. The molecule has 9 nitrogen and oxygen atoms in total. The van der Waals surface area contributed by atoms with E-state index in [0.29, 0.717) is 5.65 Å². The number of allylic oxidation sites excluding steroid dienone is 1. The van der Waals surface area contributed by atoms with Crippen molar-refractivity contribution in [2.45, 2.75) is 32.8 Å². The van der Waals surface area contributed by atoms with Crippen molar-refractivity contribution in [3.63, 3.8) is 0 Å². The Hall–Kier alpha value is -3.17. The third-order valence-corrected chi connectivity index (χ3v) is 4.87. The summed E-state index contributed by atoms with van der Waals surface area (Å²) in [6.07, 6.45) is 4.46. The molecule has 2 aromatic rings. The van der Waals surface area contributed by atoms with Gasteiger partial charge in [-0.1, -0.05) is 0 Å². The number of carbonyl (C=O) groups is 2. The van der Waals surface area contributed by atoms with Gasteiger partial charge in [0.15, 0.2) is 23.3 Å². The zero-order chi connectivity index (χ0) is 21.5. The molecular formula is C21H23N3O6. The van der Waals surface area contributed by atoms with Gasteiger partial charge in [-0.25, -0.2) is 9.78 Å². The van der Waals surface area contributed by atoms with E-state index in [2.05, 4.69) is 9.97 Å². The number of esters is 1. The zero-order valence-electron chi connectivity index (χ0n) is 17.2. The number of pyridine rings is 1. The molecule has 0 radical (unpaired) electrons. The first kappa shape index (κ1) is 20.1. The highest BCUT2D eigenvalue weighted by Gasteiger charge is 2.43. The number of Topliss-reactive ketones (excluding diaryl/α,β-unsaturated/α-hetero) is 1. The molecule has 9 heteroatoms. The molecule has 1 saturated heterocycles. The summed E-state index contributed by atoms with van der Waals surface area (Å²) < 4.78 is 22.4. The smallest absolute Gasteiger partial charge is 0.347 e. The molecule has 0 spiro atoms. The number of nitrogens with one attached hydrogen (secondary N) is 1. The maximum absolute atomic E-state index is 13.1. The van der Waals surface area contributed by atoms with Crippen molar-refractivity contribution in [1.82, 2.24) is 14.9 Å². The minimum absolute atomic E-state index is 0.0165. The first-order valence-electron chi connectivity index (χ1n) is 9.63. The third kappa shape index (κ3) is 3.57. The summed E-state index contributed by atoms with van der Waals surface area (Å²) in [7, 11) is 1.68. The van der Waals surface area contributed by atoms with E-state index in [-0.39, 0.29) is 30.4 Å². The lowest BCUT2D eigenvalue weighted by atomic mass is 10.1. The van der Waals surface area contributed by atoms with Crippen LogP contribution in [0.3, 0.4) is 0 Å². The van der Waals surface area contributed by atoms with E-state index in [1.807, 2.05) is 6.07 Å². The fourth-order valence-electron chi connectivity index (χ4n) is 3.38. The second-order valence-corrected chi connectivity index (χ2v) is 7.38. The van der Waals surface area contributed by atoms with Gasteiger partial charge in [-0.3, -0.25) is 4.79 Å². The van der Waals surface area contributed by atoms with Crippen molar-refractivity contribution in [2.75, 3.05) is 20.3 Å². The number of fused-ring (bicyclic) bond motifs is 1.